The fourth-order valence-corrected chi connectivity index (χ4v) is 4.37. The number of nitrogens with zero attached hydrogens (tertiary/aromatic N) is 1. The summed E-state index contributed by atoms with van der Waals surface area (Å²) in [6.07, 6.45) is 1.85. The summed E-state index contributed by atoms with van der Waals surface area (Å²) in [6.45, 7) is 8.31. The van der Waals surface area contributed by atoms with E-state index < -0.39 is 17.9 Å². The molecular formula is C36H36N2O6. The summed E-state index contributed by atoms with van der Waals surface area (Å²) in [7, 11) is 0. The highest BCUT2D eigenvalue weighted by molar-refractivity contribution is 6.01. The van der Waals surface area contributed by atoms with Gasteiger partial charge in [0.05, 0.1) is 23.8 Å². The molecule has 0 aliphatic rings. The number of hydrogen-bond donors (Lipinski definition) is 1. The number of aryl methyl sites for hydroxylation is 1. The molecule has 0 aliphatic carbocycles. The summed E-state index contributed by atoms with van der Waals surface area (Å²) in [5.74, 6) is -0.553. The van der Waals surface area contributed by atoms with Crippen LogP contribution >= 0.6 is 0 Å². The van der Waals surface area contributed by atoms with Crippen LogP contribution in [0.1, 0.15) is 29.3 Å². The average Bonchev–Trinajstić information content (AvgIpc) is 3.05. The van der Waals surface area contributed by atoms with Crippen molar-refractivity contribution in [2.24, 2.45) is 5.92 Å². The van der Waals surface area contributed by atoms with Gasteiger partial charge >= 0.3 is 11.9 Å². The Morgan fingerprint density at radius 1 is 0.818 bits per heavy atom. The zero-order valence-electron chi connectivity index (χ0n) is 24.9. The molecule has 0 heterocycles. The van der Waals surface area contributed by atoms with Gasteiger partial charge in [0.25, 0.3) is 0 Å². The summed E-state index contributed by atoms with van der Waals surface area (Å²) in [6, 6.07) is 30.4. The zero-order chi connectivity index (χ0) is 31.3. The van der Waals surface area contributed by atoms with E-state index in [1.807, 2.05) is 43.3 Å². The van der Waals surface area contributed by atoms with Crippen LogP contribution in [0.2, 0.25) is 0 Å². The molecule has 1 N–H and O–H groups in total. The number of carbonyl (C=O) groups excluding carboxylic acids is 3. The number of carbonyl (C=O) groups is 3. The first kappa shape index (κ1) is 31.6. The molecule has 1 amide bonds. The topological polar surface area (TPSA) is 94.2 Å². The molecule has 0 radical (unpaired) electrons. The quantitative estimate of drug-likeness (QED) is 0.0740. The van der Waals surface area contributed by atoms with Gasteiger partial charge in [-0.05, 0) is 67.4 Å². The van der Waals surface area contributed by atoms with Crippen molar-refractivity contribution in [3.63, 3.8) is 0 Å². The molecule has 1 atom stereocenters. The third-order valence-corrected chi connectivity index (χ3v) is 6.79. The van der Waals surface area contributed by atoms with Crippen molar-refractivity contribution in [3.05, 3.63) is 127 Å². The number of amides is 1. The molecule has 8 heteroatoms. The minimum absolute atomic E-state index is 0.187. The van der Waals surface area contributed by atoms with Gasteiger partial charge in [0.2, 0.25) is 5.91 Å². The van der Waals surface area contributed by atoms with Gasteiger partial charge in [0.1, 0.15) is 0 Å². The van der Waals surface area contributed by atoms with E-state index in [9.17, 15) is 14.4 Å². The van der Waals surface area contributed by atoms with Crippen LogP contribution < -0.4 is 24.4 Å². The van der Waals surface area contributed by atoms with Gasteiger partial charge in [-0.25, -0.2) is 4.79 Å². The molecular weight excluding hydrogens is 556 g/mol. The standard InChI is InChI=1S/C36H36N2O6/c1-4-34(39)38(30-19-10-8-15-26(30)2)23-14-24-42-32-21-12-13-22-33(32)44-35(40)27(3)25-37-29-18-9-11-20-31(29)43-36(41)28-16-6-5-7-17-28/h4-13,15-22,27,37H,1,14,23-25H2,2-3H3. The van der Waals surface area contributed by atoms with E-state index in [1.165, 1.54) is 6.08 Å². The Kier molecular flexibility index (Phi) is 11.3. The second-order valence-corrected chi connectivity index (χ2v) is 10.1. The maximum Gasteiger partial charge on any atom is 0.343 e. The molecule has 44 heavy (non-hydrogen) atoms. The molecule has 0 saturated carbocycles. The predicted octanol–water partition coefficient (Wildman–Crippen LogP) is 6.86. The smallest absolute Gasteiger partial charge is 0.343 e. The molecule has 226 valence electrons. The van der Waals surface area contributed by atoms with Crippen molar-refractivity contribution >= 4 is 29.2 Å². The van der Waals surface area contributed by atoms with Crippen LogP contribution in [0.5, 0.6) is 17.2 Å². The van der Waals surface area contributed by atoms with Crippen molar-refractivity contribution in [2.75, 3.05) is 29.9 Å². The Labute approximate surface area is 257 Å². The number of rotatable bonds is 14. The van der Waals surface area contributed by atoms with Gasteiger partial charge in [-0.1, -0.05) is 74.2 Å². The van der Waals surface area contributed by atoms with Crippen molar-refractivity contribution < 1.29 is 28.6 Å². The summed E-state index contributed by atoms with van der Waals surface area (Å²) >= 11 is 0. The molecule has 0 bridgehead atoms. The molecule has 0 aromatic heterocycles. The van der Waals surface area contributed by atoms with E-state index in [2.05, 4.69) is 11.9 Å². The van der Waals surface area contributed by atoms with E-state index >= 15 is 0 Å². The first-order chi connectivity index (χ1) is 21.4. The molecule has 0 fully saturated rings. The number of anilines is 2. The van der Waals surface area contributed by atoms with Crippen LogP contribution in [0, 0.1) is 12.8 Å². The first-order valence-corrected chi connectivity index (χ1v) is 14.4. The van der Waals surface area contributed by atoms with E-state index in [0.29, 0.717) is 48.1 Å². The van der Waals surface area contributed by atoms with Crippen LogP contribution in [0.25, 0.3) is 0 Å². The van der Waals surface area contributed by atoms with Crippen LogP contribution in [-0.4, -0.2) is 37.5 Å². The van der Waals surface area contributed by atoms with E-state index in [4.69, 9.17) is 14.2 Å². The van der Waals surface area contributed by atoms with Gasteiger partial charge in [-0.3, -0.25) is 9.59 Å². The van der Waals surface area contributed by atoms with Crippen LogP contribution in [0.15, 0.2) is 116 Å². The zero-order valence-corrected chi connectivity index (χ0v) is 24.9. The number of esters is 2. The highest BCUT2D eigenvalue weighted by Gasteiger charge is 2.19. The maximum atomic E-state index is 13.0. The third-order valence-electron chi connectivity index (χ3n) is 6.79. The van der Waals surface area contributed by atoms with E-state index in [1.54, 1.807) is 78.6 Å². The van der Waals surface area contributed by atoms with E-state index in [-0.39, 0.29) is 12.5 Å². The Morgan fingerprint density at radius 2 is 1.45 bits per heavy atom. The summed E-state index contributed by atoms with van der Waals surface area (Å²) in [4.78, 5) is 39.7. The maximum absolute atomic E-state index is 13.0. The summed E-state index contributed by atoms with van der Waals surface area (Å²) in [5.41, 5.74) is 2.83. The Hall–Kier alpha value is -5.37. The van der Waals surface area contributed by atoms with E-state index in [0.717, 1.165) is 11.3 Å². The first-order valence-electron chi connectivity index (χ1n) is 14.4. The second kappa shape index (κ2) is 15.7. The molecule has 0 aliphatic heterocycles. The fraction of sp³-hybridized carbons (Fsp3) is 0.194. The number of nitrogens with one attached hydrogen (secondary N) is 1. The van der Waals surface area contributed by atoms with Crippen LogP contribution in [-0.2, 0) is 9.59 Å². The van der Waals surface area contributed by atoms with Gasteiger partial charge < -0.3 is 24.4 Å². The minimum atomic E-state index is -0.534. The van der Waals surface area contributed by atoms with Gasteiger partial charge in [-0.2, -0.15) is 0 Å². The van der Waals surface area contributed by atoms with Crippen molar-refractivity contribution in [3.8, 4) is 17.2 Å². The largest absolute Gasteiger partial charge is 0.490 e. The molecule has 4 rings (SSSR count). The van der Waals surface area contributed by atoms with Crippen LogP contribution in [0.3, 0.4) is 0 Å². The highest BCUT2D eigenvalue weighted by atomic mass is 16.6. The lowest BCUT2D eigenvalue weighted by atomic mass is 10.1. The minimum Gasteiger partial charge on any atom is -0.490 e. The number of benzene rings is 4. The lowest BCUT2D eigenvalue weighted by Gasteiger charge is -2.23. The highest BCUT2D eigenvalue weighted by Crippen LogP contribution is 2.29. The molecule has 8 nitrogen and oxygen atoms in total. The van der Waals surface area contributed by atoms with Crippen molar-refractivity contribution in [2.45, 2.75) is 20.3 Å². The normalized spacial score (nSPS) is 11.1. The number of ether oxygens (including phenoxy) is 3. The Balaban J connectivity index is 1.31. The summed E-state index contributed by atoms with van der Waals surface area (Å²) in [5, 5.41) is 3.19. The Bertz CT molecular complexity index is 1590. The second-order valence-electron chi connectivity index (χ2n) is 10.1. The fourth-order valence-electron chi connectivity index (χ4n) is 4.37. The summed E-state index contributed by atoms with van der Waals surface area (Å²) < 4.78 is 17.2. The number of para-hydroxylation sites is 5. The van der Waals surface area contributed by atoms with Crippen molar-refractivity contribution in [1.82, 2.24) is 0 Å². The lowest BCUT2D eigenvalue weighted by molar-refractivity contribution is -0.138. The van der Waals surface area contributed by atoms with Gasteiger partial charge in [-0.15, -0.1) is 0 Å². The number of hydrogen-bond acceptors (Lipinski definition) is 7. The molecule has 1 unspecified atom stereocenters. The van der Waals surface area contributed by atoms with Crippen molar-refractivity contribution in [1.29, 1.82) is 0 Å². The molecule has 4 aromatic carbocycles. The molecule has 0 spiro atoms. The SMILES string of the molecule is C=CC(=O)N(CCCOc1ccccc1OC(=O)C(C)CNc1ccccc1OC(=O)c1ccccc1)c1ccccc1C. The monoisotopic (exact) mass is 592 g/mol. The van der Waals surface area contributed by atoms with Crippen LogP contribution in [0.4, 0.5) is 11.4 Å². The Morgan fingerprint density at radius 3 is 2.18 bits per heavy atom. The molecule has 4 aromatic rings. The predicted molar refractivity (Wildman–Crippen MR) is 171 cm³/mol. The van der Waals surface area contributed by atoms with Gasteiger partial charge in [0, 0.05) is 18.8 Å². The lowest BCUT2D eigenvalue weighted by Crippen LogP contribution is -2.31. The third kappa shape index (κ3) is 8.58. The van der Waals surface area contributed by atoms with Gasteiger partial charge in [0.15, 0.2) is 17.2 Å². The average molecular weight is 593 g/mol. The molecule has 0 saturated heterocycles.